The highest BCUT2D eigenvalue weighted by Gasteiger charge is 2.19. The molecule has 0 rings (SSSR count). The Labute approximate surface area is 486 Å². The van der Waals surface area contributed by atoms with E-state index in [1.165, 1.54) is 263 Å². The molecule has 0 heterocycles. The van der Waals surface area contributed by atoms with Crippen molar-refractivity contribution in [3.63, 3.8) is 0 Å². The first-order valence-corrected chi connectivity index (χ1v) is 35.0. The Hall–Kier alpha value is -2.37. The lowest BCUT2D eigenvalue weighted by molar-refractivity contribution is -0.167. The van der Waals surface area contributed by atoms with E-state index in [9.17, 15) is 14.4 Å². The maximum atomic E-state index is 12.9. The molecular weight excluding hydrogens is 961 g/mol. The number of carbonyl (C=O) groups excluding carboxylic acids is 3. The van der Waals surface area contributed by atoms with E-state index >= 15 is 0 Å². The third-order valence-electron chi connectivity index (χ3n) is 15.8. The lowest BCUT2D eigenvalue weighted by Crippen LogP contribution is -2.30. The Bertz CT molecular complexity index is 1300. The predicted molar refractivity (Wildman–Crippen MR) is 339 cm³/mol. The molecule has 6 nitrogen and oxygen atoms in total. The molecular formula is C72H134O6. The summed E-state index contributed by atoms with van der Waals surface area (Å²) in [5.41, 5.74) is 0. The molecule has 0 amide bonds. The van der Waals surface area contributed by atoms with Gasteiger partial charge < -0.3 is 14.2 Å². The fraction of sp³-hybridized carbons (Fsp3) is 0.875. The summed E-state index contributed by atoms with van der Waals surface area (Å²) in [6.07, 6.45) is 83.2. The third-order valence-corrected chi connectivity index (χ3v) is 15.8. The second-order valence-corrected chi connectivity index (χ2v) is 23.8. The van der Waals surface area contributed by atoms with Gasteiger partial charge in [0.15, 0.2) is 6.10 Å². The van der Waals surface area contributed by atoms with Gasteiger partial charge in [-0.15, -0.1) is 0 Å². The molecule has 1 atom stereocenters. The van der Waals surface area contributed by atoms with Crippen LogP contribution in [0.3, 0.4) is 0 Å². The fourth-order valence-electron chi connectivity index (χ4n) is 10.6. The van der Waals surface area contributed by atoms with Crippen LogP contribution < -0.4 is 0 Å². The second kappa shape index (κ2) is 67.1. The number of carbonyl (C=O) groups is 3. The Morgan fingerprint density at radius 1 is 0.256 bits per heavy atom. The van der Waals surface area contributed by atoms with Gasteiger partial charge in [0.05, 0.1) is 0 Å². The van der Waals surface area contributed by atoms with Crippen LogP contribution in [0, 0.1) is 0 Å². The number of ether oxygens (including phenoxy) is 3. The van der Waals surface area contributed by atoms with Gasteiger partial charge in [-0.1, -0.05) is 333 Å². The molecule has 0 aliphatic carbocycles. The zero-order valence-corrected chi connectivity index (χ0v) is 52.7. The number of allylic oxidation sites excluding steroid dienone is 6. The van der Waals surface area contributed by atoms with Crippen LogP contribution in [-0.2, 0) is 28.6 Å². The van der Waals surface area contributed by atoms with E-state index in [4.69, 9.17) is 14.2 Å². The molecule has 0 radical (unpaired) electrons. The van der Waals surface area contributed by atoms with E-state index in [2.05, 4.69) is 57.2 Å². The van der Waals surface area contributed by atoms with Crippen LogP contribution in [0.5, 0.6) is 0 Å². The number of hydrogen-bond acceptors (Lipinski definition) is 6. The quantitative estimate of drug-likeness (QED) is 0.0261. The molecule has 0 fully saturated rings. The number of hydrogen-bond donors (Lipinski definition) is 0. The van der Waals surface area contributed by atoms with Gasteiger partial charge in [-0.2, -0.15) is 0 Å². The topological polar surface area (TPSA) is 78.9 Å². The zero-order valence-electron chi connectivity index (χ0n) is 52.7. The zero-order chi connectivity index (χ0) is 56.4. The molecule has 0 saturated carbocycles. The van der Waals surface area contributed by atoms with Crippen LogP contribution in [0.2, 0.25) is 0 Å². The van der Waals surface area contributed by atoms with Gasteiger partial charge in [0, 0.05) is 19.3 Å². The van der Waals surface area contributed by atoms with E-state index < -0.39 is 6.10 Å². The maximum Gasteiger partial charge on any atom is 0.306 e. The van der Waals surface area contributed by atoms with Crippen LogP contribution in [0.25, 0.3) is 0 Å². The van der Waals surface area contributed by atoms with Gasteiger partial charge in [-0.3, -0.25) is 14.4 Å². The van der Waals surface area contributed by atoms with Crippen molar-refractivity contribution < 1.29 is 28.6 Å². The molecule has 6 heteroatoms. The molecule has 1 unspecified atom stereocenters. The Balaban J connectivity index is 4.21. The minimum Gasteiger partial charge on any atom is -0.462 e. The number of esters is 3. The summed E-state index contributed by atoms with van der Waals surface area (Å²) in [7, 11) is 0. The van der Waals surface area contributed by atoms with Gasteiger partial charge in [-0.25, -0.2) is 0 Å². The first-order chi connectivity index (χ1) is 38.5. The van der Waals surface area contributed by atoms with Crippen molar-refractivity contribution in [1.29, 1.82) is 0 Å². The lowest BCUT2D eigenvalue weighted by Gasteiger charge is -2.18. The van der Waals surface area contributed by atoms with Crippen LogP contribution >= 0.6 is 0 Å². The minimum atomic E-state index is -0.776. The summed E-state index contributed by atoms with van der Waals surface area (Å²) in [6, 6.07) is 0. The smallest absolute Gasteiger partial charge is 0.306 e. The average Bonchev–Trinajstić information content (AvgIpc) is 3.44. The minimum absolute atomic E-state index is 0.0715. The van der Waals surface area contributed by atoms with Crippen molar-refractivity contribution in [1.82, 2.24) is 0 Å². The molecule has 458 valence electrons. The van der Waals surface area contributed by atoms with Gasteiger partial charge >= 0.3 is 17.9 Å². The molecule has 0 aromatic heterocycles. The van der Waals surface area contributed by atoms with Crippen molar-refractivity contribution in [3.8, 4) is 0 Å². The van der Waals surface area contributed by atoms with Crippen LogP contribution in [0.4, 0.5) is 0 Å². The Kier molecular flexibility index (Phi) is 65.1. The van der Waals surface area contributed by atoms with E-state index in [-0.39, 0.29) is 31.1 Å². The molecule has 0 spiro atoms. The Morgan fingerprint density at radius 2 is 0.487 bits per heavy atom. The van der Waals surface area contributed by atoms with Crippen LogP contribution in [0.15, 0.2) is 36.5 Å². The molecule has 0 aromatic rings. The number of unbranched alkanes of at least 4 members (excludes halogenated alkanes) is 48. The molecule has 78 heavy (non-hydrogen) atoms. The second-order valence-electron chi connectivity index (χ2n) is 23.8. The van der Waals surface area contributed by atoms with Crippen molar-refractivity contribution in [2.45, 2.75) is 393 Å². The maximum absolute atomic E-state index is 12.9. The molecule has 0 aliphatic heterocycles. The molecule has 0 bridgehead atoms. The largest absolute Gasteiger partial charge is 0.462 e. The van der Waals surface area contributed by atoms with Gasteiger partial charge in [0.2, 0.25) is 0 Å². The highest BCUT2D eigenvalue weighted by atomic mass is 16.6. The van der Waals surface area contributed by atoms with E-state index in [0.29, 0.717) is 19.3 Å². The van der Waals surface area contributed by atoms with E-state index in [1.54, 1.807) is 0 Å². The molecule has 0 aliphatic rings. The monoisotopic (exact) mass is 1100 g/mol. The van der Waals surface area contributed by atoms with Gasteiger partial charge in [0.1, 0.15) is 13.2 Å². The van der Waals surface area contributed by atoms with E-state index in [1.807, 2.05) is 0 Å². The summed E-state index contributed by atoms with van der Waals surface area (Å²) >= 11 is 0. The first-order valence-electron chi connectivity index (χ1n) is 35.0. The summed E-state index contributed by atoms with van der Waals surface area (Å²) in [5, 5.41) is 0. The Morgan fingerprint density at radius 3 is 0.769 bits per heavy atom. The summed E-state index contributed by atoms with van der Waals surface area (Å²) in [5.74, 6) is -0.858. The average molecular weight is 1100 g/mol. The van der Waals surface area contributed by atoms with Crippen LogP contribution in [0.1, 0.15) is 387 Å². The first kappa shape index (κ1) is 75.6. The molecule has 0 aromatic carbocycles. The molecule has 0 saturated heterocycles. The van der Waals surface area contributed by atoms with Crippen molar-refractivity contribution in [2.75, 3.05) is 13.2 Å². The van der Waals surface area contributed by atoms with Gasteiger partial charge in [0.25, 0.3) is 0 Å². The highest BCUT2D eigenvalue weighted by Crippen LogP contribution is 2.18. The number of rotatable bonds is 65. The summed E-state index contributed by atoms with van der Waals surface area (Å²) in [6.45, 7) is 6.64. The van der Waals surface area contributed by atoms with Gasteiger partial charge in [-0.05, 0) is 70.6 Å². The lowest BCUT2D eigenvalue weighted by atomic mass is 10.0. The predicted octanol–water partition coefficient (Wildman–Crippen LogP) is 23.9. The van der Waals surface area contributed by atoms with Crippen molar-refractivity contribution in [2.24, 2.45) is 0 Å². The standard InChI is InChI=1S/C72H134O6/c1-4-7-10-13-16-19-22-25-27-29-31-33-34-35-36-37-38-39-41-42-44-47-50-53-56-59-62-65-71(74)77-68-69(67-76-70(73)64-61-58-55-52-49-46-24-21-18-15-12-9-6-3)78-72(75)66-63-60-57-54-51-48-45-43-40-32-30-28-26-23-20-17-14-11-8-5-2/h12,15,21,24,29,31,69H,4-11,13-14,16-20,22-23,25-28,30,32-68H2,1-3H3/b15-12-,24-21-,31-29-. The van der Waals surface area contributed by atoms with Crippen LogP contribution in [-0.4, -0.2) is 37.2 Å². The van der Waals surface area contributed by atoms with E-state index in [0.717, 1.165) is 83.5 Å². The third kappa shape index (κ3) is 64.5. The summed E-state index contributed by atoms with van der Waals surface area (Å²) < 4.78 is 17.0. The molecule has 0 N–H and O–H groups in total. The normalized spacial score (nSPS) is 12.2. The SMILES string of the molecule is CCC/C=C\C/C=C\CCCCCCCC(=O)OCC(COC(=O)CCCCCCCCCCCCCCCCC/C=C\CCCCCCCCCC)OC(=O)CCCCCCCCCCCCCCCCCCCCCC. The fourth-order valence-corrected chi connectivity index (χ4v) is 10.6. The van der Waals surface area contributed by atoms with Crippen molar-refractivity contribution >= 4 is 17.9 Å². The summed E-state index contributed by atoms with van der Waals surface area (Å²) in [4.78, 5) is 38.4. The highest BCUT2D eigenvalue weighted by molar-refractivity contribution is 5.71. The van der Waals surface area contributed by atoms with Crippen molar-refractivity contribution in [3.05, 3.63) is 36.5 Å².